The van der Waals surface area contributed by atoms with E-state index in [0.29, 0.717) is 0 Å². The Morgan fingerprint density at radius 3 is 2.36 bits per heavy atom. The number of ether oxygens (including phenoxy) is 1. The number of amides is 2. The fraction of sp³-hybridized carbons (Fsp3) is 0.364. The second kappa shape index (κ2) is 8.02. The lowest BCUT2D eigenvalue weighted by atomic mass is 10.1. The van der Waals surface area contributed by atoms with Gasteiger partial charge in [-0.1, -0.05) is 30.3 Å². The molecule has 2 fully saturated rings. The van der Waals surface area contributed by atoms with E-state index in [1.54, 1.807) is 0 Å². The normalized spacial score (nSPS) is 21.1. The minimum absolute atomic E-state index is 0.135. The van der Waals surface area contributed by atoms with Crippen LogP contribution in [-0.2, 0) is 14.3 Å². The van der Waals surface area contributed by atoms with Gasteiger partial charge in [-0.05, 0) is 36.8 Å². The van der Waals surface area contributed by atoms with E-state index in [-0.39, 0.29) is 24.3 Å². The van der Waals surface area contributed by atoms with Gasteiger partial charge in [-0.3, -0.25) is 14.5 Å². The Labute approximate surface area is 165 Å². The smallest absolute Gasteiger partial charge is 0.252 e. The molecule has 0 bridgehead atoms. The molecule has 0 radical (unpaired) electrons. The molecular weight excluding hydrogens is 354 g/mol. The first kappa shape index (κ1) is 18.5. The summed E-state index contributed by atoms with van der Waals surface area (Å²) in [5.74, 6) is -0.303. The minimum atomic E-state index is -0.520. The summed E-state index contributed by atoms with van der Waals surface area (Å²) in [5.41, 5.74) is 2.94. The molecule has 28 heavy (non-hydrogen) atoms. The highest BCUT2D eigenvalue weighted by atomic mass is 16.5. The quantitative estimate of drug-likeness (QED) is 0.810. The van der Waals surface area contributed by atoms with Gasteiger partial charge in [0.05, 0.1) is 25.7 Å². The van der Waals surface area contributed by atoms with Crippen LogP contribution in [0.1, 0.15) is 24.9 Å². The zero-order valence-electron chi connectivity index (χ0n) is 16.0. The number of nitrogens with zero attached hydrogens (tertiary/aromatic N) is 2. The van der Waals surface area contributed by atoms with E-state index in [4.69, 9.17) is 4.74 Å². The van der Waals surface area contributed by atoms with Crippen LogP contribution >= 0.6 is 0 Å². The summed E-state index contributed by atoms with van der Waals surface area (Å²) in [5, 5.41) is 3.23. The number of carbonyl (C=O) groups is 2. The average molecular weight is 379 g/mol. The molecule has 2 atom stereocenters. The first-order valence-electron chi connectivity index (χ1n) is 9.73. The summed E-state index contributed by atoms with van der Waals surface area (Å²) < 4.78 is 5.39. The number of hydrogen-bond donors (Lipinski definition) is 1. The van der Waals surface area contributed by atoms with E-state index in [0.717, 1.165) is 43.2 Å². The van der Waals surface area contributed by atoms with Crippen molar-refractivity contribution in [2.24, 2.45) is 0 Å². The first-order chi connectivity index (χ1) is 13.6. The standard InChI is InChI=1S/C22H25N3O3/c1-16(17-5-3-2-4-6-17)25-21(26)15-20(22(25)27)23-18-7-9-19(10-8-18)24-11-13-28-14-12-24/h2-10,16,20,23H,11-15H2,1H3/t16-,20-/m0/s1. The van der Waals surface area contributed by atoms with Gasteiger partial charge in [0, 0.05) is 24.5 Å². The molecule has 2 aromatic carbocycles. The van der Waals surface area contributed by atoms with E-state index in [1.165, 1.54) is 4.90 Å². The molecule has 2 aliphatic heterocycles. The molecule has 0 spiro atoms. The van der Waals surface area contributed by atoms with Crippen LogP contribution in [0.2, 0.25) is 0 Å². The van der Waals surface area contributed by atoms with Crippen LogP contribution < -0.4 is 10.2 Å². The van der Waals surface area contributed by atoms with Gasteiger partial charge in [0.2, 0.25) is 5.91 Å². The maximum absolute atomic E-state index is 12.9. The van der Waals surface area contributed by atoms with E-state index in [1.807, 2.05) is 61.5 Å². The molecule has 2 heterocycles. The van der Waals surface area contributed by atoms with E-state index >= 15 is 0 Å². The number of nitrogens with one attached hydrogen (secondary N) is 1. The van der Waals surface area contributed by atoms with Crippen LogP contribution in [0.4, 0.5) is 11.4 Å². The van der Waals surface area contributed by atoms with Gasteiger partial charge in [0.1, 0.15) is 6.04 Å². The van der Waals surface area contributed by atoms with Gasteiger partial charge >= 0.3 is 0 Å². The van der Waals surface area contributed by atoms with Gasteiger partial charge in [0.15, 0.2) is 0 Å². The van der Waals surface area contributed by atoms with Crippen molar-refractivity contribution in [2.45, 2.75) is 25.4 Å². The Morgan fingerprint density at radius 2 is 1.68 bits per heavy atom. The first-order valence-corrected chi connectivity index (χ1v) is 9.73. The topological polar surface area (TPSA) is 61.9 Å². The lowest BCUT2D eigenvalue weighted by molar-refractivity contribution is -0.141. The molecule has 0 aliphatic carbocycles. The van der Waals surface area contributed by atoms with Gasteiger partial charge in [-0.2, -0.15) is 0 Å². The Hall–Kier alpha value is -2.86. The molecule has 146 valence electrons. The molecule has 0 saturated carbocycles. The zero-order valence-corrected chi connectivity index (χ0v) is 16.0. The SMILES string of the molecule is C[C@@H](c1ccccc1)N1C(=O)C[C@H](Nc2ccc(N3CCOCC3)cc2)C1=O. The molecule has 2 saturated heterocycles. The third-order valence-corrected chi connectivity index (χ3v) is 5.44. The number of carbonyl (C=O) groups excluding carboxylic acids is 2. The fourth-order valence-corrected chi connectivity index (χ4v) is 3.84. The van der Waals surface area contributed by atoms with Crippen LogP contribution in [0.25, 0.3) is 0 Å². The highest BCUT2D eigenvalue weighted by Crippen LogP contribution is 2.28. The maximum atomic E-state index is 12.9. The second-order valence-electron chi connectivity index (χ2n) is 7.24. The summed E-state index contributed by atoms with van der Waals surface area (Å²) in [7, 11) is 0. The van der Waals surface area contributed by atoms with Crippen molar-refractivity contribution < 1.29 is 14.3 Å². The molecule has 2 amide bonds. The average Bonchev–Trinajstić information content (AvgIpc) is 3.02. The van der Waals surface area contributed by atoms with Crippen molar-refractivity contribution >= 4 is 23.2 Å². The largest absolute Gasteiger partial charge is 0.378 e. The minimum Gasteiger partial charge on any atom is -0.378 e. The van der Waals surface area contributed by atoms with Crippen LogP contribution in [-0.4, -0.2) is 49.1 Å². The van der Waals surface area contributed by atoms with E-state index in [2.05, 4.69) is 10.2 Å². The van der Waals surface area contributed by atoms with Crippen molar-refractivity contribution in [3.05, 3.63) is 60.2 Å². The van der Waals surface area contributed by atoms with Crippen molar-refractivity contribution in [1.82, 2.24) is 4.90 Å². The molecule has 0 aromatic heterocycles. The third-order valence-electron chi connectivity index (χ3n) is 5.44. The van der Waals surface area contributed by atoms with Crippen LogP contribution in [0.3, 0.4) is 0 Å². The molecule has 4 rings (SSSR count). The number of likely N-dealkylation sites (tertiary alicyclic amines) is 1. The monoisotopic (exact) mass is 379 g/mol. The lowest BCUT2D eigenvalue weighted by Crippen LogP contribution is -2.37. The predicted molar refractivity (Wildman–Crippen MR) is 108 cm³/mol. The lowest BCUT2D eigenvalue weighted by Gasteiger charge is -2.29. The zero-order chi connectivity index (χ0) is 19.5. The van der Waals surface area contributed by atoms with E-state index in [9.17, 15) is 9.59 Å². The highest BCUT2D eigenvalue weighted by molar-refractivity contribution is 6.07. The molecule has 2 aliphatic rings. The van der Waals surface area contributed by atoms with Crippen LogP contribution in [0.5, 0.6) is 0 Å². The number of hydrogen-bond acceptors (Lipinski definition) is 5. The Kier molecular flexibility index (Phi) is 5.30. The van der Waals surface area contributed by atoms with Crippen LogP contribution in [0, 0.1) is 0 Å². The van der Waals surface area contributed by atoms with Crippen molar-refractivity contribution in [3.8, 4) is 0 Å². The number of imide groups is 1. The summed E-state index contributed by atoms with van der Waals surface area (Å²) in [6.07, 6.45) is 0.182. The highest BCUT2D eigenvalue weighted by Gasteiger charge is 2.41. The Balaban J connectivity index is 1.42. The summed E-state index contributed by atoms with van der Waals surface area (Å²) in [6.45, 7) is 5.15. The molecular formula is C22H25N3O3. The summed E-state index contributed by atoms with van der Waals surface area (Å²) in [6, 6.07) is 16.9. The van der Waals surface area contributed by atoms with Gasteiger partial charge < -0.3 is 15.0 Å². The molecule has 0 unspecified atom stereocenters. The van der Waals surface area contributed by atoms with Crippen molar-refractivity contribution in [1.29, 1.82) is 0 Å². The Morgan fingerprint density at radius 1 is 1.00 bits per heavy atom. The Bertz CT molecular complexity index is 832. The van der Waals surface area contributed by atoms with Crippen molar-refractivity contribution in [3.63, 3.8) is 0 Å². The number of morpholine rings is 1. The molecule has 6 heteroatoms. The number of benzene rings is 2. The third kappa shape index (κ3) is 3.73. The fourth-order valence-electron chi connectivity index (χ4n) is 3.84. The number of rotatable bonds is 5. The van der Waals surface area contributed by atoms with Gasteiger partial charge in [-0.15, -0.1) is 0 Å². The van der Waals surface area contributed by atoms with Crippen molar-refractivity contribution in [2.75, 3.05) is 36.5 Å². The maximum Gasteiger partial charge on any atom is 0.252 e. The summed E-state index contributed by atoms with van der Waals surface area (Å²) >= 11 is 0. The van der Waals surface area contributed by atoms with Gasteiger partial charge in [-0.25, -0.2) is 0 Å². The predicted octanol–water partition coefficient (Wildman–Crippen LogP) is 2.82. The summed E-state index contributed by atoms with van der Waals surface area (Å²) in [4.78, 5) is 29.0. The molecule has 2 aromatic rings. The van der Waals surface area contributed by atoms with Crippen LogP contribution in [0.15, 0.2) is 54.6 Å². The molecule has 6 nitrogen and oxygen atoms in total. The van der Waals surface area contributed by atoms with E-state index < -0.39 is 6.04 Å². The van der Waals surface area contributed by atoms with Gasteiger partial charge in [0.25, 0.3) is 5.91 Å². The molecule has 1 N–H and O–H groups in total. The second-order valence-corrected chi connectivity index (χ2v) is 7.24. The number of anilines is 2.